The number of hydrogen-bond donors (Lipinski definition) is 0. The monoisotopic (exact) mass is 390 g/mol. The van der Waals surface area contributed by atoms with Crippen LogP contribution in [0, 0.1) is 0 Å². The summed E-state index contributed by atoms with van der Waals surface area (Å²) in [5, 5.41) is 8.80. The lowest BCUT2D eigenvalue weighted by molar-refractivity contribution is 0.304. The highest BCUT2D eigenvalue weighted by Gasteiger charge is 2.28. The van der Waals surface area contributed by atoms with Gasteiger partial charge in [0.25, 0.3) is 0 Å². The number of aromatic nitrogens is 4. The van der Waals surface area contributed by atoms with Gasteiger partial charge in [-0.05, 0) is 52.9 Å². The lowest BCUT2D eigenvalue weighted by atomic mass is 10.0. The van der Waals surface area contributed by atoms with Gasteiger partial charge in [0.05, 0.1) is 10.7 Å². The van der Waals surface area contributed by atoms with E-state index in [4.69, 9.17) is 27.9 Å². The van der Waals surface area contributed by atoms with E-state index in [0.717, 1.165) is 18.4 Å². The van der Waals surface area contributed by atoms with Crippen LogP contribution in [0.4, 0.5) is 0 Å². The summed E-state index contributed by atoms with van der Waals surface area (Å²) < 4.78 is 8.44. The third-order valence-electron chi connectivity index (χ3n) is 4.42. The molecule has 0 unspecified atom stereocenters. The van der Waals surface area contributed by atoms with Gasteiger partial charge in [-0.3, -0.25) is 0 Å². The van der Waals surface area contributed by atoms with Crippen molar-refractivity contribution >= 4 is 23.2 Å². The van der Waals surface area contributed by atoms with Crippen molar-refractivity contribution in [2.24, 2.45) is 7.05 Å². The van der Waals surface area contributed by atoms with Crippen LogP contribution in [-0.4, -0.2) is 19.8 Å². The topological polar surface area (TPSA) is 61.9 Å². The fourth-order valence-corrected chi connectivity index (χ4v) is 3.26. The molecule has 0 atom stereocenters. The smallest absolute Gasteiger partial charge is 0.368 e. The van der Waals surface area contributed by atoms with Crippen molar-refractivity contribution in [3.8, 4) is 11.4 Å². The molecule has 134 valence electrons. The van der Waals surface area contributed by atoms with Crippen LogP contribution < -0.4 is 10.4 Å². The number of aryl methyl sites for hydroxylation is 1. The average molecular weight is 391 g/mol. The van der Waals surface area contributed by atoms with Crippen LogP contribution in [0.15, 0.2) is 41.2 Å². The molecule has 0 aliphatic heterocycles. The number of tetrazole rings is 1. The summed E-state index contributed by atoms with van der Waals surface area (Å²) in [6.07, 6.45) is 2.26. The van der Waals surface area contributed by atoms with Crippen molar-refractivity contribution in [3.63, 3.8) is 0 Å². The summed E-state index contributed by atoms with van der Waals surface area (Å²) in [6.45, 7) is 0.255. The molecule has 1 aromatic heterocycles. The number of rotatable bonds is 5. The van der Waals surface area contributed by atoms with E-state index in [1.165, 1.54) is 14.9 Å². The van der Waals surface area contributed by atoms with Crippen molar-refractivity contribution in [1.82, 2.24) is 19.8 Å². The van der Waals surface area contributed by atoms with Gasteiger partial charge >= 0.3 is 5.69 Å². The average Bonchev–Trinajstić information content (AvgIpc) is 3.42. The predicted octanol–water partition coefficient (Wildman–Crippen LogP) is 3.73. The first-order chi connectivity index (χ1) is 12.5. The third kappa shape index (κ3) is 3.22. The summed E-state index contributed by atoms with van der Waals surface area (Å²) in [4.78, 5) is 12.3. The minimum absolute atomic E-state index is 0.255. The molecule has 1 saturated carbocycles. The Bertz CT molecular complexity index is 1020. The fraction of sp³-hybridized carbons (Fsp3) is 0.278. The Hall–Kier alpha value is -2.31. The van der Waals surface area contributed by atoms with E-state index in [2.05, 4.69) is 16.5 Å². The highest BCUT2D eigenvalue weighted by atomic mass is 35.5. The second kappa shape index (κ2) is 6.78. The van der Waals surface area contributed by atoms with Crippen molar-refractivity contribution in [2.75, 3.05) is 0 Å². The normalized spacial score (nSPS) is 13.8. The zero-order valence-electron chi connectivity index (χ0n) is 14.0. The lowest BCUT2D eigenvalue weighted by Crippen LogP contribution is -2.23. The highest BCUT2D eigenvalue weighted by Crippen LogP contribution is 2.43. The zero-order valence-corrected chi connectivity index (χ0v) is 15.5. The lowest BCUT2D eigenvalue weighted by Gasteiger charge is -2.15. The van der Waals surface area contributed by atoms with E-state index in [0.29, 0.717) is 27.4 Å². The SMILES string of the molecule is Cn1nnn(-c2cccc(C3CC3)c2COc2cc(Cl)ccc2Cl)c1=O. The summed E-state index contributed by atoms with van der Waals surface area (Å²) in [5.74, 6) is 0.984. The van der Waals surface area contributed by atoms with Crippen LogP contribution in [-0.2, 0) is 13.7 Å². The first kappa shape index (κ1) is 17.1. The Morgan fingerprint density at radius 2 is 2.00 bits per heavy atom. The number of nitrogens with zero attached hydrogens (tertiary/aromatic N) is 4. The largest absolute Gasteiger partial charge is 0.487 e. The van der Waals surface area contributed by atoms with Crippen LogP contribution in [0.3, 0.4) is 0 Å². The molecule has 26 heavy (non-hydrogen) atoms. The Morgan fingerprint density at radius 1 is 1.19 bits per heavy atom. The maximum absolute atomic E-state index is 12.3. The fourth-order valence-electron chi connectivity index (χ4n) is 2.93. The van der Waals surface area contributed by atoms with Crippen molar-refractivity contribution in [2.45, 2.75) is 25.4 Å². The van der Waals surface area contributed by atoms with Crippen molar-refractivity contribution < 1.29 is 4.74 Å². The summed E-state index contributed by atoms with van der Waals surface area (Å²) in [5.41, 5.74) is 2.44. The molecule has 0 N–H and O–H groups in total. The molecule has 8 heteroatoms. The Balaban J connectivity index is 1.75. The van der Waals surface area contributed by atoms with Gasteiger partial charge in [-0.15, -0.1) is 0 Å². The molecule has 0 amide bonds. The van der Waals surface area contributed by atoms with Crippen LogP contribution in [0.25, 0.3) is 5.69 Å². The van der Waals surface area contributed by atoms with Gasteiger partial charge in [0, 0.05) is 23.7 Å². The molecule has 0 radical (unpaired) electrons. The zero-order chi connectivity index (χ0) is 18.3. The summed E-state index contributed by atoms with van der Waals surface area (Å²) in [6, 6.07) is 10.9. The van der Waals surface area contributed by atoms with Gasteiger partial charge < -0.3 is 4.74 Å². The van der Waals surface area contributed by atoms with Gasteiger partial charge in [-0.1, -0.05) is 35.3 Å². The maximum Gasteiger partial charge on any atom is 0.368 e. The molecule has 1 fully saturated rings. The standard InChI is InChI=1S/C18H16Cl2N4O2/c1-23-18(25)24(22-21-23)16-4-2-3-13(11-5-6-11)14(16)10-26-17-9-12(19)7-8-15(17)20/h2-4,7-9,11H,5-6,10H2,1H3. The second-order valence-electron chi connectivity index (χ2n) is 6.28. The predicted molar refractivity (Wildman–Crippen MR) is 99.4 cm³/mol. The molecule has 1 heterocycles. The molecule has 0 spiro atoms. The van der Waals surface area contributed by atoms with E-state index in [1.807, 2.05) is 12.1 Å². The van der Waals surface area contributed by atoms with Gasteiger partial charge in [0.15, 0.2) is 0 Å². The molecule has 2 aromatic carbocycles. The highest BCUT2D eigenvalue weighted by molar-refractivity contribution is 6.34. The van der Waals surface area contributed by atoms with Gasteiger partial charge in [0.1, 0.15) is 12.4 Å². The third-order valence-corrected chi connectivity index (χ3v) is 4.97. The molecule has 0 saturated heterocycles. The van der Waals surface area contributed by atoms with E-state index in [9.17, 15) is 4.79 Å². The van der Waals surface area contributed by atoms with Crippen molar-refractivity contribution in [3.05, 3.63) is 68.1 Å². The maximum atomic E-state index is 12.3. The van der Waals surface area contributed by atoms with E-state index < -0.39 is 0 Å². The van der Waals surface area contributed by atoms with Crippen LogP contribution in [0.1, 0.15) is 29.9 Å². The number of benzene rings is 2. The molecular formula is C18H16Cl2N4O2. The molecule has 3 aromatic rings. The van der Waals surface area contributed by atoms with Gasteiger partial charge in [0.2, 0.25) is 0 Å². The number of halogens is 2. The van der Waals surface area contributed by atoms with Crippen LogP contribution in [0.2, 0.25) is 10.0 Å². The minimum Gasteiger partial charge on any atom is -0.487 e. The van der Waals surface area contributed by atoms with E-state index in [1.54, 1.807) is 25.2 Å². The quantitative estimate of drug-likeness (QED) is 0.665. The molecule has 1 aliphatic carbocycles. The first-order valence-corrected chi connectivity index (χ1v) is 8.99. The Labute approximate surface area is 159 Å². The van der Waals surface area contributed by atoms with Crippen LogP contribution in [0.5, 0.6) is 5.75 Å². The first-order valence-electron chi connectivity index (χ1n) is 8.23. The Kier molecular flexibility index (Phi) is 4.46. The van der Waals surface area contributed by atoms with Crippen molar-refractivity contribution in [1.29, 1.82) is 0 Å². The second-order valence-corrected chi connectivity index (χ2v) is 7.12. The minimum atomic E-state index is -0.306. The van der Waals surface area contributed by atoms with E-state index >= 15 is 0 Å². The molecular weight excluding hydrogens is 375 g/mol. The summed E-state index contributed by atoms with van der Waals surface area (Å²) >= 11 is 12.2. The Morgan fingerprint density at radius 3 is 2.69 bits per heavy atom. The number of ether oxygens (including phenoxy) is 1. The number of hydrogen-bond acceptors (Lipinski definition) is 4. The van der Waals surface area contributed by atoms with Crippen LogP contribution >= 0.6 is 23.2 Å². The summed E-state index contributed by atoms with van der Waals surface area (Å²) in [7, 11) is 1.57. The molecule has 4 rings (SSSR count). The molecule has 1 aliphatic rings. The van der Waals surface area contributed by atoms with E-state index in [-0.39, 0.29) is 12.3 Å². The molecule has 6 nitrogen and oxygen atoms in total. The van der Waals surface area contributed by atoms with Gasteiger partial charge in [-0.25, -0.2) is 4.79 Å². The van der Waals surface area contributed by atoms with Gasteiger partial charge in [-0.2, -0.15) is 9.36 Å². The molecule has 0 bridgehead atoms.